The molecule has 0 spiro atoms. The molecule has 5 heteroatoms. The molecule has 0 aromatic heterocycles. The Kier molecular flexibility index (Phi) is 6.42. The first-order chi connectivity index (χ1) is 11.0. The number of hydrogen-bond acceptors (Lipinski definition) is 4. The van der Waals surface area contributed by atoms with Crippen LogP contribution in [0.25, 0.3) is 0 Å². The van der Waals surface area contributed by atoms with Crippen molar-refractivity contribution in [3.05, 3.63) is 29.3 Å². The van der Waals surface area contributed by atoms with E-state index < -0.39 is 0 Å². The monoisotopic (exact) mass is 320 g/mol. The van der Waals surface area contributed by atoms with E-state index in [1.54, 1.807) is 0 Å². The molecule has 1 amide bonds. The van der Waals surface area contributed by atoms with Crippen molar-refractivity contribution >= 4 is 5.91 Å². The van der Waals surface area contributed by atoms with Crippen LogP contribution in [0.2, 0.25) is 0 Å². The lowest BCUT2D eigenvalue weighted by Crippen LogP contribution is -2.44. The Bertz CT molecular complexity index is 525. The molecule has 23 heavy (non-hydrogen) atoms. The van der Waals surface area contributed by atoms with Gasteiger partial charge in [0.1, 0.15) is 12.4 Å². The van der Waals surface area contributed by atoms with Gasteiger partial charge in [-0.15, -0.1) is 0 Å². The van der Waals surface area contributed by atoms with Gasteiger partial charge in [-0.1, -0.05) is 12.1 Å². The van der Waals surface area contributed by atoms with E-state index in [0.29, 0.717) is 45.6 Å². The van der Waals surface area contributed by atoms with Gasteiger partial charge in [-0.25, -0.2) is 0 Å². The Morgan fingerprint density at radius 2 is 2.04 bits per heavy atom. The molecule has 0 radical (unpaired) electrons. The molecule has 1 fully saturated rings. The molecule has 1 N–H and O–H groups in total. The average molecular weight is 320 g/mol. The van der Waals surface area contributed by atoms with Gasteiger partial charge in [-0.2, -0.15) is 0 Å². The molecule has 5 nitrogen and oxygen atoms in total. The quantitative estimate of drug-likeness (QED) is 0.865. The number of likely N-dealkylation sites (N-methyl/N-ethyl adjacent to an activating group) is 1. The zero-order chi connectivity index (χ0) is 16.8. The smallest absolute Gasteiger partial charge is 0.236 e. The highest BCUT2D eigenvalue weighted by molar-refractivity contribution is 5.78. The van der Waals surface area contributed by atoms with E-state index in [4.69, 9.17) is 4.74 Å². The minimum absolute atomic E-state index is 0.131. The molecule has 1 saturated heterocycles. The fraction of sp³-hybridized carbons (Fsp3) is 0.611. The molecule has 0 unspecified atom stereocenters. The van der Waals surface area contributed by atoms with Crippen molar-refractivity contribution in [2.24, 2.45) is 0 Å². The number of piperidine rings is 1. The van der Waals surface area contributed by atoms with Gasteiger partial charge in [-0.3, -0.25) is 9.69 Å². The fourth-order valence-corrected chi connectivity index (χ4v) is 2.70. The summed E-state index contributed by atoms with van der Waals surface area (Å²) < 4.78 is 5.83. The summed E-state index contributed by atoms with van der Waals surface area (Å²) in [6.45, 7) is 7.06. The summed E-state index contributed by atoms with van der Waals surface area (Å²) in [6.07, 6.45) is 1.12. The number of aryl methyl sites for hydroxylation is 2. The average Bonchev–Trinajstić information content (AvgIpc) is 2.51. The van der Waals surface area contributed by atoms with Crippen molar-refractivity contribution in [1.82, 2.24) is 9.80 Å². The number of benzene rings is 1. The largest absolute Gasteiger partial charge is 0.492 e. The van der Waals surface area contributed by atoms with Crippen LogP contribution in [0.4, 0.5) is 0 Å². The zero-order valence-electron chi connectivity index (χ0n) is 14.4. The van der Waals surface area contributed by atoms with Gasteiger partial charge in [0, 0.05) is 19.6 Å². The molecule has 1 aliphatic rings. The lowest BCUT2D eigenvalue weighted by atomic mass is 10.1. The van der Waals surface area contributed by atoms with Crippen LogP contribution in [0, 0.1) is 13.8 Å². The number of ether oxygens (including phenoxy) is 1. The molecular formula is C18H28N2O3. The second-order valence-corrected chi connectivity index (χ2v) is 6.47. The van der Waals surface area contributed by atoms with Gasteiger partial charge >= 0.3 is 0 Å². The van der Waals surface area contributed by atoms with Crippen LogP contribution in [0.3, 0.4) is 0 Å². The van der Waals surface area contributed by atoms with Gasteiger partial charge in [0.2, 0.25) is 5.91 Å². The highest BCUT2D eigenvalue weighted by Gasteiger charge is 2.21. The Hall–Kier alpha value is -1.59. The van der Waals surface area contributed by atoms with E-state index in [-0.39, 0.29) is 12.0 Å². The lowest BCUT2D eigenvalue weighted by Gasteiger charge is -2.31. The molecule has 0 atom stereocenters. The first-order valence-electron chi connectivity index (χ1n) is 8.30. The zero-order valence-corrected chi connectivity index (χ0v) is 14.4. The van der Waals surface area contributed by atoms with Gasteiger partial charge in [0.05, 0.1) is 12.6 Å². The highest BCUT2D eigenvalue weighted by Crippen LogP contribution is 2.18. The van der Waals surface area contributed by atoms with Gasteiger partial charge in [0.15, 0.2) is 0 Å². The molecule has 1 aromatic carbocycles. The maximum atomic E-state index is 12.2. The summed E-state index contributed by atoms with van der Waals surface area (Å²) >= 11 is 0. The van der Waals surface area contributed by atoms with Crippen LogP contribution in [0.15, 0.2) is 18.2 Å². The van der Waals surface area contributed by atoms with Crippen LogP contribution < -0.4 is 4.74 Å². The van der Waals surface area contributed by atoms with Crippen LogP contribution >= 0.6 is 0 Å². The molecular weight excluding hydrogens is 292 g/mol. The molecule has 2 rings (SSSR count). The van der Waals surface area contributed by atoms with E-state index in [2.05, 4.69) is 12.1 Å². The van der Waals surface area contributed by atoms with E-state index in [9.17, 15) is 9.90 Å². The van der Waals surface area contributed by atoms with Crippen molar-refractivity contribution in [2.75, 3.05) is 39.8 Å². The van der Waals surface area contributed by atoms with Crippen molar-refractivity contribution in [2.45, 2.75) is 32.8 Å². The molecule has 1 heterocycles. The molecule has 1 aliphatic heterocycles. The summed E-state index contributed by atoms with van der Waals surface area (Å²) in [7, 11) is 1.93. The normalized spacial score (nSPS) is 16.0. The lowest BCUT2D eigenvalue weighted by molar-refractivity contribution is -0.134. The van der Waals surface area contributed by atoms with Crippen molar-refractivity contribution in [3.63, 3.8) is 0 Å². The molecule has 0 saturated carbocycles. The fourth-order valence-electron chi connectivity index (χ4n) is 2.70. The predicted octanol–water partition coefficient (Wildman–Crippen LogP) is 1.60. The number of aliphatic hydroxyl groups is 1. The van der Waals surface area contributed by atoms with Crippen molar-refractivity contribution < 1.29 is 14.6 Å². The maximum Gasteiger partial charge on any atom is 0.236 e. The topological polar surface area (TPSA) is 53.0 Å². The molecule has 1 aromatic rings. The van der Waals surface area contributed by atoms with Gasteiger partial charge in [0.25, 0.3) is 0 Å². The first kappa shape index (κ1) is 17.8. The number of aliphatic hydroxyl groups excluding tert-OH is 1. The Morgan fingerprint density at radius 3 is 2.74 bits per heavy atom. The second kappa shape index (κ2) is 8.31. The first-order valence-corrected chi connectivity index (χ1v) is 8.30. The number of carbonyl (C=O) groups excluding carboxylic acids is 1. The maximum absolute atomic E-state index is 12.2. The number of amides is 1. The van der Waals surface area contributed by atoms with E-state index >= 15 is 0 Å². The van der Waals surface area contributed by atoms with Gasteiger partial charge < -0.3 is 14.7 Å². The number of nitrogens with zero attached hydrogens (tertiary/aromatic N) is 2. The number of likely N-dealkylation sites (tertiary alicyclic amines) is 1. The summed E-state index contributed by atoms with van der Waals surface area (Å²) in [5, 5.41) is 9.49. The summed E-state index contributed by atoms with van der Waals surface area (Å²) in [6, 6.07) is 6.17. The van der Waals surface area contributed by atoms with Gasteiger partial charge in [-0.05, 0) is 50.9 Å². The van der Waals surface area contributed by atoms with Crippen molar-refractivity contribution in [1.29, 1.82) is 0 Å². The number of carbonyl (C=O) groups is 1. The Balaban J connectivity index is 1.71. The summed E-state index contributed by atoms with van der Waals surface area (Å²) in [4.78, 5) is 16.0. The Labute approximate surface area is 138 Å². The van der Waals surface area contributed by atoms with Crippen LogP contribution in [-0.2, 0) is 4.79 Å². The standard InChI is InChI=1S/C18H28N2O3/c1-14-4-5-15(2)17(12-14)23-11-10-19(3)13-18(22)20-8-6-16(21)7-9-20/h4-5,12,16,21H,6-11,13H2,1-3H3. The predicted molar refractivity (Wildman–Crippen MR) is 90.7 cm³/mol. The third kappa shape index (κ3) is 5.52. The van der Waals surface area contributed by atoms with E-state index in [1.165, 1.54) is 5.56 Å². The number of rotatable bonds is 6. The van der Waals surface area contributed by atoms with E-state index in [0.717, 1.165) is 11.3 Å². The minimum Gasteiger partial charge on any atom is -0.492 e. The highest BCUT2D eigenvalue weighted by atomic mass is 16.5. The summed E-state index contributed by atoms with van der Waals surface area (Å²) in [5.74, 6) is 1.04. The van der Waals surface area contributed by atoms with Crippen LogP contribution in [-0.4, -0.2) is 66.8 Å². The minimum atomic E-state index is -0.247. The molecule has 0 bridgehead atoms. The van der Waals surface area contributed by atoms with Crippen molar-refractivity contribution in [3.8, 4) is 5.75 Å². The third-order valence-corrected chi connectivity index (χ3v) is 4.30. The SMILES string of the molecule is Cc1ccc(C)c(OCCN(C)CC(=O)N2CCC(O)CC2)c1. The van der Waals surface area contributed by atoms with Crippen LogP contribution in [0.1, 0.15) is 24.0 Å². The second-order valence-electron chi connectivity index (χ2n) is 6.47. The Morgan fingerprint density at radius 1 is 1.35 bits per heavy atom. The number of hydrogen-bond donors (Lipinski definition) is 1. The molecule has 128 valence electrons. The van der Waals surface area contributed by atoms with Crippen LogP contribution in [0.5, 0.6) is 5.75 Å². The van der Waals surface area contributed by atoms with E-state index in [1.807, 2.05) is 36.8 Å². The molecule has 0 aliphatic carbocycles. The third-order valence-electron chi connectivity index (χ3n) is 4.30. The summed E-state index contributed by atoms with van der Waals surface area (Å²) in [5.41, 5.74) is 2.31.